The summed E-state index contributed by atoms with van der Waals surface area (Å²) in [5.41, 5.74) is 0.743. The first-order valence-corrected chi connectivity index (χ1v) is 10.6. The van der Waals surface area contributed by atoms with Crippen LogP contribution in [0.3, 0.4) is 0 Å². The van der Waals surface area contributed by atoms with Gasteiger partial charge in [0.25, 0.3) is 5.56 Å². The predicted octanol–water partition coefficient (Wildman–Crippen LogP) is 4.01. The van der Waals surface area contributed by atoms with E-state index in [1.165, 1.54) is 22.8 Å². The van der Waals surface area contributed by atoms with Crippen LogP contribution in [0.15, 0.2) is 63.5 Å². The Morgan fingerprint density at radius 3 is 2.65 bits per heavy atom. The zero-order chi connectivity index (χ0) is 22.1. The maximum Gasteiger partial charge on any atom is 0.332 e. The highest BCUT2D eigenvalue weighted by Gasteiger charge is 2.17. The molecule has 158 valence electrons. The molecule has 31 heavy (non-hydrogen) atoms. The zero-order valence-electron chi connectivity index (χ0n) is 16.4. The van der Waals surface area contributed by atoms with E-state index in [0.29, 0.717) is 20.9 Å². The Kier molecular flexibility index (Phi) is 5.75. The van der Waals surface area contributed by atoms with Gasteiger partial charge in [-0.3, -0.25) is 18.7 Å². The molecule has 0 bridgehead atoms. The lowest BCUT2D eigenvalue weighted by molar-refractivity contribution is -0.116. The number of aromatic nitrogens is 2. The summed E-state index contributed by atoms with van der Waals surface area (Å²) in [5.74, 6) is -0.966. The van der Waals surface area contributed by atoms with Gasteiger partial charge in [-0.15, -0.1) is 11.3 Å². The third-order valence-corrected chi connectivity index (χ3v) is 6.18. The average molecular weight is 458 g/mol. The summed E-state index contributed by atoms with van der Waals surface area (Å²) in [6.45, 7) is 1.31. The van der Waals surface area contributed by atoms with Crippen LogP contribution < -0.4 is 16.6 Å². The largest absolute Gasteiger partial charge is 0.332 e. The number of nitrogens with zero attached hydrogens (tertiary/aromatic N) is 2. The van der Waals surface area contributed by atoms with Crippen molar-refractivity contribution < 1.29 is 9.18 Å². The van der Waals surface area contributed by atoms with Gasteiger partial charge in [-0.1, -0.05) is 35.9 Å². The molecule has 0 aliphatic rings. The van der Waals surface area contributed by atoms with Crippen molar-refractivity contribution in [2.45, 2.75) is 20.0 Å². The number of aryl methyl sites for hydroxylation is 1. The summed E-state index contributed by atoms with van der Waals surface area (Å²) in [6.07, 6.45) is 0. The number of anilines is 1. The molecule has 0 unspecified atom stereocenters. The standard InChI is InChI=1S/C22H17ClFN3O3S/c1-13-6-7-15(10-16(13)23)25-19(28)12-26-18-8-9-31-20(18)21(29)27(22(26)30)11-14-4-2-3-5-17(14)24/h2-10H,11-12H2,1H3,(H,25,28). The van der Waals surface area contributed by atoms with E-state index in [9.17, 15) is 18.8 Å². The highest BCUT2D eigenvalue weighted by atomic mass is 35.5. The molecule has 2 aromatic carbocycles. The molecule has 0 saturated heterocycles. The topological polar surface area (TPSA) is 73.1 Å². The predicted molar refractivity (Wildman–Crippen MR) is 121 cm³/mol. The number of fused-ring (bicyclic) bond motifs is 1. The van der Waals surface area contributed by atoms with Gasteiger partial charge in [0.05, 0.1) is 12.1 Å². The van der Waals surface area contributed by atoms with Crippen LogP contribution >= 0.6 is 22.9 Å². The second-order valence-electron chi connectivity index (χ2n) is 7.00. The first kappa shape index (κ1) is 21.0. The minimum Gasteiger partial charge on any atom is -0.324 e. The van der Waals surface area contributed by atoms with Gasteiger partial charge in [-0.25, -0.2) is 9.18 Å². The Morgan fingerprint density at radius 2 is 1.90 bits per heavy atom. The summed E-state index contributed by atoms with van der Waals surface area (Å²) in [7, 11) is 0. The Morgan fingerprint density at radius 1 is 1.13 bits per heavy atom. The highest BCUT2D eigenvalue weighted by Crippen LogP contribution is 2.20. The van der Waals surface area contributed by atoms with Gasteiger partial charge in [-0.2, -0.15) is 0 Å². The molecule has 6 nitrogen and oxygen atoms in total. The SMILES string of the molecule is Cc1ccc(NC(=O)Cn2c(=O)n(Cc3ccccc3F)c(=O)c3sccc32)cc1Cl. The van der Waals surface area contributed by atoms with E-state index >= 15 is 0 Å². The van der Waals surface area contributed by atoms with Crippen LogP contribution in [0.25, 0.3) is 10.2 Å². The third kappa shape index (κ3) is 4.17. The second kappa shape index (κ2) is 8.49. The number of benzene rings is 2. The molecule has 1 amide bonds. The van der Waals surface area contributed by atoms with Crippen molar-refractivity contribution in [3.8, 4) is 0 Å². The minimum atomic E-state index is -0.684. The molecule has 0 fully saturated rings. The summed E-state index contributed by atoms with van der Waals surface area (Å²) < 4.78 is 16.6. The summed E-state index contributed by atoms with van der Waals surface area (Å²) >= 11 is 7.26. The lowest BCUT2D eigenvalue weighted by atomic mass is 10.2. The number of amides is 1. The lowest BCUT2D eigenvalue weighted by Crippen LogP contribution is -2.41. The van der Waals surface area contributed by atoms with Crippen LogP contribution in [-0.2, 0) is 17.9 Å². The maximum atomic E-state index is 14.1. The van der Waals surface area contributed by atoms with Crippen LogP contribution in [0.1, 0.15) is 11.1 Å². The molecule has 0 atom stereocenters. The van der Waals surface area contributed by atoms with Crippen molar-refractivity contribution in [1.82, 2.24) is 9.13 Å². The fourth-order valence-electron chi connectivity index (χ4n) is 3.24. The number of rotatable bonds is 5. The van der Waals surface area contributed by atoms with Crippen molar-refractivity contribution in [2.24, 2.45) is 0 Å². The number of halogens is 2. The van der Waals surface area contributed by atoms with E-state index in [1.807, 2.05) is 6.92 Å². The Labute approximate surface area is 185 Å². The van der Waals surface area contributed by atoms with Crippen molar-refractivity contribution >= 4 is 44.7 Å². The van der Waals surface area contributed by atoms with Gasteiger partial charge in [-0.05, 0) is 42.1 Å². The van der Waals surface area contributed by atoms with Crippen LogP contribution in [-0.4, -0.2) is 15.0 Å². The Balaban J connectivity index is 1.72. The normalized spacial score (nSPS) is 11.1. The molecular formula is C22H17ClFN3O3S. The fraction of sp³-hybridized carbons (Fsp3) is 0.136. The number of hydrogen-bond donors (Lipinski definition) is 1. The molecule has 2 aromatic heterocycles. The van der Waals surface area contributed by atoms with Gasteiger partial charge in [0, 0.05) is 16.3 Å². The first-order valence-electron chi connectivity index (χ1n) is 9.35. The van der Waals surface area contributed by atoms with Crippen molar-refractivity contribution in [3.63, 3.8) is 0 Å². The summed E-state index contributed by atoms with van der Waals surface area (Å²) in [6, 6.07) is 12.7. The van der Waals surface area contributed by atoms with E-state index < -0.39 is 23.0 Å². The number of carbonyl (C=O) groups excluding carboxylic acids is 1. The van der Waals surface area contributed by atoms with Gasteiger partial charge < -0.3 is 5.32 Å². The second-order valence-corrected chi connectivity index (χ2v) is 8.32. The van der Waals surface area contributed by atoms with Crippen molar-refractivity contribution in [1.29, 1.82) is 0 Å². The zero-order valence-corrected chi connectivity index (χ0v) is 18.0. The lowest BCUT2D eigenvalue weighted by Gasteiger charge is -2.13. The number of thiophene rings is 1. The van der Waals surface area contributed by atoms with Crippen molar-refractivity contribution in [3.05, 3.63) is 96.7 Å². The van der Waals surface area contributed by atoms with E-state index in [0.717, 1.165) is 21.5 Å². The molecule has 9 heteroatoms. The summed E-state index contributed by atoms with van der Waals surface area (Å²) in [4.78, 5) is 38.6. The quantitative estimate of drug-likeness (QED) is 0.492. The van der Waals surface area contributed by atoms with E-state index in [2.05, 4.69) is 5.32 Å². The van der Waals surface area contributed by atoms with E-state index in [-0.39, 0.29) is 18.7 Å². The Hall–Kier alpha value is -3.23. The monoisotopic (exact) mass is 457 g/mol. The van der Waals surface area contributed by atoms with Crippen LogP contribution in [0.5, 0.6) is 0 Å². The molecular weight excluding hydrogens is 441 g/mol. The Bertz CT molecular complexity index is 1420. The molecule has 0 saturated carbocycles. The van der Waals surface area contributed by atoms with E-state index in [4.69, 9.17) is 11.6 Å². The van der Waals surface area contributed by atoms with Crippen LogP contribution in [0.4, 0.5) is 10.1 Å². The van der Waals surface area contributed by atoms with Gasteiger partial charge in [0.1, 0.15) is 17.1 Å². The van der Waals surface area contributed by atoms with Crippen molar-refractivity contribution in [2.75, 3.05) is 5.32 Å². The third-order valence-electron chi connectivity index (χ3n) is 4.88. The molecule has 0 aliphatic heterocycles. The molecule has 0 spiro atoms. The molecule has 1 N–H and O–H groups in total. The van der Waals surface area contributed by atoms with E-state index in [1.54, 1.807) is 35.7 Å². The number of nitrogens with one attached hydrogen (secondary N) is 1. The fourth-order valence-corrected chi connectivity index (χ4v) is 4.26. The molecule has 0 aliphatic carbocycles. The minimum absolute atomic E-state index is 0.211. The van der Waals surface area contributed by atoms with Crippen LogP contribution in [0, 0.1) is 12.7 Å². The maximum absolute atomic E-state index is 14.1. The average Bonchev–Trinajstić information content (AvgIpc) is 3.22. The molecule has 4 aromatic rings. The van der Waals surface area contributed by atoms with Gasteiger partial charge in [0.2, 0.25) is 5.91 Å². The molecule has 2 heterocycles. The number of carbonyl (C=O) groups is 1. The smallest absolute Gasteiger partial charge is 0.324 e. The molecule has 0 radical (unpaired) electrons. The molecule has 4 rings (SSSR count). The van der Waals surface area contributed by atoms with Gasteiger partial charge >= 0.3 is 5.69 Å². The van der Waals surface area contributed by atoms with Crippen LogP contribution in [0.2, 0.25) is 5.02 Å². The number of hydrogen-bond acceptors (Lipinski definition) is 4. The first-order chi connectivity index (χ1) is 14.8. The summed E-state index contributed by atoms with van der Waals surface area (Å²) in [5, 5.41) is 4.89. The van der Waals surface area contributed by atoms with Gasteiger partial charge in [0.15, 0.2) is 0 Å². The highest BCUT2D eigenvalue weighted by molar-refractivity contribution is 7.17.